The number of piperazine rings is 1. The zero-order valence-corrected chi connectivity index (χ0v) is 15.0. The van der Waals surface area contributed by atoms with Gasteiger partial charge in [0.1, 0.15) is 0 Å². The molecule has 1 aliphatic carbocycles. The molecule has 0 aromatic heterocycles. The fourth-order valence-electron chi connectivity index (χ4n) is 4.39. The van der Waals surface area contributed by atoms with Crippen LogP contribution in [0.25, 0.3) is 0 Å². The molecule has 124 valence electrons. The highest BCUT2D eigenvalue weighted by Crippen LogP contribution is 2.31. The van der Waals surface area contributed by atoms with Crippen LogP contribution >= 0.6 is 0 Å². The van der Waals surface area contributed by atoms with E-state index >= 15 is 0 Å². The highest BCUT2D eigenvalue weighted by molar-refractivity contribution is 4.96. The Balaban J connectivity index is 1.86. The summed E-state index contributed by atoms with van der Waals surface area (Å²) in [5, 5.41) is 3.87. The minimum atomic E-state index is 0.382. The Hall–Kier alpha value is -0.0800. The largest absolute Gasteiger partial charge is 0.308 e. The minimum Gasteiger partial charge on any atom is -0.308 e. The van der Waals surface area contributed by atoms with E-state index in [1.165, 1.54) is 71.0 Å². The third kappa shape index (κ3) is 4.45. The Morgan fingerprint density at radius 1 is 1.05 bits per heavy atom. The first-order chi connectivity index (χ1) is 10.1. The van der Waals surface area contributed by atoms with Gasteiger partial charge in [-0.3, -0.25) is 4.90 Å². The lowest BCUT2D eigenvalue weighted by Crippen LogP contribution is -2.63. The van der Waals surface area contributed by atoms with Gasteiger partial charge in [-0.15, -0.1) is 0 Å². The van der Waals surface area contributed by atoms with Crippen molar-refractivity contribution in [3.8, 4) is 0 Å². The maximum atomic E-state index is 3.87. The molecule has 1 saturated heterocycles. The van der Waals surface area contributed by atoms with E-state index in [0.29, 0.717) is 5.54 Å². The summed E-state index contributed by atoms with van der Waals surface area (Å²) in [6, 6.07) is 0.763. The van der Waals surface area contributed by atoms with Crippen molar-refractivity contribution in [1.29, 1.82) is 0 Å². The average molecular weight is 295 g/mol. The molecule has 2 heteroatoms. The van der Waals surface area contributed by atoms with Gasteiger partial charge in [0, 0.05) is 24.7 Å². The van der Waals surface area contributed by atoms with Gasteiger partial charge in [-0.25, -0.2) is 0 Å². The molecule has 1 N–H and O–H groups in total. The molecule has 0 aromatic carbocycles. The number of hydrogen-bond donors (Lipinski definition) is 1. The molecule has 2 nitrogen and oxygen atoms in total. The van der Waals surface area contributed by atoms with Gasteiger partial charge >= 0.3 is 0 Å². The summed E-state index contributed by atoms with van der Waals surface area (Å²) >= 11 is 0. The van der Waals surface area contributed by atoms with Crippen LogP contribution in [0.1, 0.15) is 79.1 Å². The van der Waals surface area contributed by atoms with Gasteiger partial charge in [-0.2, -0.15) is 0 Å². The maximum absolute atomic E-state index is 3.87. The Bertz CT molecular complexity index is 290. The predicted octanol–water partition coefficient (Wildman–Crippen LogP) is 4.45. The molecule has 2 rings (SSSR count). The molecule has 0 bridgehead atoms. The van der Waals surface area contributed by atoms with Crippen LogP contribution in [0.15, 0.2) is 0 Å². The van der Waals surface area contributed by atoms with Crippen LogP contribution in [0, 0.1) is 11.8 Å². The highest BCUT2D eigenvalue weighted by atomic mass is 15.2. The number of nitrogens with zero attached hydrogens (tertiary/aromatic N) is 1. The maximum Gasteiger partial charge on any atom is 0.0304 e. The van der Waals surface area contributed by atoms with Crippen LogP contribution in [-0.4, -0.2) is 36.1 Å². The van der Waals surface area contributed by atoms with Crippen LogP contribution in [0.2, 0.25) is 0 Å². The first kappa shape index (κ1) is 17.3. The predicted molar refractivity (Wildman–Crippen MR) is 92.7 cm³/mol. The van der Waals surface area contributed by atoms with E-state index in [-0.39, 0.29) is 0 Å². The molecule has 2 aliphatic rings. The Morgan fingerprint density at radius 3 is 2.29 bits per heavy atom. The van der Waals surface area contributed by atoms with Crippen molar-refractivity contribution >= 4 is 0 Å². The summed E-state index contributed by atoms with van der Waals surface area (Å²) < 4.78 is 0. The van der Waals surface area contributed by atoms with Crippen molar-refractivity contribution in [3.63, 3.8) is 0 Å². The van der Waals surface area contributed by atoms with E-state index in [2.05, 4.69) is 37.9 Å². The second-order valence-corrected chi connectivity index (χ2v) is 7.82. The van der Waals surface area contributed by atoms with E-state index in [0.717, 1.165) is 17.9 Å². The summed E-state index contributed by atoms with van der Waals surface area (Å²) in [4.78, 5) is 2.82. The summed E-state index contributed by atoms with van der Waals surface area (Å²) in [5.41, 5.74) is 0.382. The SMILES string of the molecule is CCC1CNC(CC)(CC)CN1CCC1CCC(C)CC1. The Morgan fingerprint density at radius 2 is 1.71 bits per heavy atom. The highest BCUT2D eigenvalue weighted by Gasteiger charge is 2.36. The quantitative estimate of drug-likeness (QED) is 0.779. The molecule has 1 aliphatic heterocycles. The molecule has 1 atom stereocenters. The fraction of sp³-hybridized carbons (Fsp3) is 1.00. The van der Waals surface area contributed by atoms with E-state index in [4.69, 9.17) is 0 Å². The van der Waals surface area contributed by atoms with Crippen LogP contribution < -0.4 is 5.32 Å². The summed E-state index contributed by atoms with van der Waals surface area (Å²) in [7, 11) is 0. The van der Waals surface area contributed by atoms with Crippen LogP contribution in [0.4, 0.5) is 0 Å². The molecule has 0 spiro atoms. The standard InChI is InChI=1S/C19H38N2/c1-5-18-14-20-19(6-2,7-3)15-21(18)13-12-17-10-8-16(4)9-11-17/h16-18,20H,5-15H2,1-4H3. The van der Waals surface area contributed by atoms with Crippen molar-refractivity contribution in [3.05, 3.63) is 0 Å². The molecule has 21 heavy (non-hydrogen) atoms. The van der Waals surface area contributed by atoms with Crippen molar-refractivity contribution in [2.45, 2.75) is 90.6 Å². The minimum absolute atomic E-state index is 0.382. The van der Waals surface area contributed by atoms with Gasteiger partial charge < -0.3 is 5.32 Å². The normalized spacial score (nSPS) is 34.0. The number of nitrogens with one attached hydrogen (secondary N) is 1. The summed E-state index contributed by atoms with van der Waals surface area (Å²) in [6.07, 6.45) is 11.2. The van der Waals surface area contributed by atoms with Crippen molar-refractivity contribution < 1.29 is 0 Å². The summed E-state index contributed by atoms with van der Waals surface area (Å²) in [5.74, 6) is 1.99. The van der Waals surface area contributed by atoms with Gasteiger partial charge in [-0.05, 0) is 44.1 Å². The lowest BCUT2D eigenvalue weighted by atomic mass is 9.81. The second-order valence-electron chi connectivity index (χ2n) is 7.82. The molecule has 1 unspecified atom stereocenters. The molecular weight excluding hydrogens is 256 g/mol. The number of hydrogen-bond acceptors (Lipinski definition) is 2. The Kier molecular flexibility index (Phi) is 6.55. The van der Waals surface area contributed by atoms with Gasteiger partial charge in [0.15, 0.2) is 0 Å². The van der Waals surface area contributed by atoms with Crippen LogP contribution in [-0.2, 0) is 0 Å². The van der Waals surface area contributed by atoms with E-state index in [1.807, 2.05) is 0 Å². The van der Waals surface area contributed by atoms with Gasteiger partial charge in [-0.1, -0.05) is 53.4 Å². The lowest BCUT2D eigenvalue weighted by Gasteiger charge is -2.48. The molecule has 0 aromatic rings. The van der Waals surface area contributed by atoms with E-state index in [9.17, 15) is 0 Å². The van der Waals surface area contributed by atoms with Crippen LogP contribution in [0.5, 0.6) is 0 Å². The van der Waals surface area contributed by atoms with Gasteiger partial charge in [0.2, 0.25) is 0 Å². The van der Waals surface area contributed by atoms with E-state index in [1.54, 1.807) is 0 Å². The number of rotatable bonds is 6. The third-order valence-electron chi connectivity index (χ3n) is 6.52. The summed E-state index contributed by atoms with van der Waals surface area (Å²) in [6.45, 7) is 13.3. The van der Waals surface area contributed by atoms with Crippen molar-refractivity contribution in [2.24, 2.45) is 11.8 Å². The second kappa shape index (κ2) is 7.97. The van der Waals surface area contributed by atoms with E-state index < -0.39 is 0 Å². The lowest BCUT2D eigenvalue weighted by molar-refractivity contribution is 0.0630. The molecule has 0 amide bonds. The topological polar surface area (TPSA) is 15.3 Å². The first-order valence-corrected chi connectivity index (χ1v) is 9.61. The Labute approximate surface area is 133 Å². The average Bonchev–Trinajstić information content (AvgIpc) is 2.54. The molecule has 2 fully saturated rings. The van der Waals surface area contributed by atoms with Crippen LogP contribution in [0.3, 0.4) is 0 Å². The van der Waals surface area contributed by atoms with Gasteiger partial charge in [0.05, 0.1) is 0 Å². The molecule has 1 saturated carbocycles. The smallest absolute Gasteiger partial charge is 0.0304 e. The molecule has 0 radical (unpaired) electrons. The molecular formula is C19H38N2. The van der Waals surface area contributed by atoms with Crippen molar-refractivity contribution in [2.75, 3.05) is 19.6 Å². The fourth-order valence-corrected chi connectivity index (χ4v) is 4.39. The zero-order chi connectivity index (χ0) is 15.3. The van der Waals surface area contributed by atoms with Gasteiger partial charge in [0.25, 0.3) is 0 Å². The zero-order valence-electron chi connectivity index (χ0n) is 15.0. The monoisotopic (exact) mass is 294 g/mol. The van der Waals surface area contributed by atoms with Crippen molar-refractivity contribution in [1.82, 2.24) is 10.2 Å². The third-order valence-corrected chi connectivity index (χ3v) is 6.52. The first-order valence-electron chi connectivity index (χ1n) is 9.61. The molecule has 1 heterocycles.